The Labute approximate surface area is 97.7 Å². The first-order chi connectivity index (χ1) is 7.28. The Morgan fingerprint density at radius 1 is 1.56 bits per heavy atom. The average Bonchev–Trinajstić information content (AvgIpc) is 2.44. The van der Waals surface area contributed by atoms with Gasteiger partial charge in [0, 0.05) is 6.42 Å². The molecule has 1 aliphatic rings. The van der Waals surface area contributed by atoms with E-state index in [0.717, 1.165) is 13.0 Å². The third kappa shape index (κ3) is 2.89. The average molecular weight is 225 g/mol. The summed E-state index contributed by atoms with van der Waals surface area (Å²) in [5.74, 6) is 2.62. The molecule has 0 N–H and O–H groups in total. The second kappa shape index (κ2) is 4.34. The third-order valence-corrected chi connectivity index (χ3v) is 2.63. The zero-order valence-corrected chi connectivity index (χ0v) is 10.6. The smallest absolute Gasteiger partial charge is 0.441 e. The Balaban J connectivity index is 2.73. The fourth-order valence-electron chi connectivity index (χ4n) is 1.89. The van der Waals surface area contributed by atoms with Gasteiger partial charge in [-0.1, -0.05) is 0 Å². The van der Waals surface area contributed by atoms with Gasteiger partial charge in [-0.05, 0) is 26.7 Å². The molecule has 0 bridgehead atoms. The van der Waals surface area contributed by atoms with Crippen LogP contribution in [0.2, 0.25) is 0 Å². The summed E-state index contributed by atoms with van der Waals surface area (Å²) < 4.78 is 5.83. The molecule has 0 saturated carbocycles. The van der Waals surface area contributed by atoms with Crippen LogP contribution in [0.1, 0.15) is 27.2 Å². The maximum atomic E-state index is 12.0. The molecule has 1 atom stereocenters. The lowest BCUT2D eigenvalue weighted by molar-refractivity contribution is -0.988. The summed E-state index contributed by atoms with van der Waals surface area (Å²) in [6.45, 7) is 7.74. The molecular weight excluding hydrogens is 204 g/mol. The van der Waals surface area contributed by atoms with Gasteiger partial charge in [-0.2, -0.15) is 5.01 Å². The van der Waals surface area contributed by atoms with Gasteiger partial charge in [0.05, 0.1) is 13.6 Å². The first-order valence-electron chi connectivity index (χ1n) is 5.57. The van der Waals surface area contributed by atoms with Gasteiger partial charge in [0.1, 0.15) is 12.1 Å². The molecule has 0 spiro atoms. The molecule has 16 heavy (non-hydrogen) atoms. The van der Waals surface area contributed by atoms with Crippen LogP contribution in [0.3, 0.4) is 0 Å². The predicted octanol–water partition coefficient (Wildman–Crippen LogP) is 1.62. The molecule has 1 unspecified atom stereocenters. The lowest BCUT2D eigenvalue weighted by Crippen LogP contribution is -2.56. The predicted molar refractivity (Wildman–Crippen MR) is 62.3 cm³/mol. The van der Waals surface area contributed by atoms with E-state index in [-0.39, 0.29) is 6.09 Å². The van der Waals surface area contributed by atoms with Crippen LogP contribution < -0.4 is 0 Å². The Hall–Kier alpha value is -1.21. The Morgan fingerprint density at radius 3 is 2.69 bits per heavy atom. The topological polar surface area (TPSA) is 29.5 Å². The Bertz CT molecular complexity index is 314. The van der Waals surface area contributed by atoms with E-state index in [1.165, 1.54) is 0 Å². The fourth-order valence-corrected chi connectivity index (χ4v) is 1.89. The van der Waals surface area contributed by atoms with E-state index < -0.39 is 5.60 Å². The number of terminal acetylenes is 1. The summed E-state index contributed by atoms with van der Waals surface area (Å²) in [5, 5.41) is 1.71. The molecule has 1 heterocycles. The number of carbonyl (C=O) groups is 1. The van der Waals surface area contributed by atoms with Crippen molar-refractivity contribution in [1.29, 1.82) is 0 Å². The normalized spacial score (nSPS) is 25.3. The van der Waals surface area contributed by atoms with Crippen LogP contribution >= 0.6 is 0 Å². The highest BCUT2D eigenvalue weighted by Crippen LogP contribution is 2.21. The minimum absolute atomic E-state index is 0.275. The highest BCUT2D eigenvalue weighted by molar-refractivity contribution is 5.66. The van der Waals surface area contributed by atoms with Crippen LogP contribution in [-0.4, -0.2) is 48.0 Å². The van der Waals surface area contributed by atoms with E-state index in [1.54, 1.807) is 5.01 Å². The molecule has 0 aromatic rings. The monoisotopic (exact) mass is 225 g/mol. The number of hydrogen-bond donors (Lipinski definition) is 0. The molecule has 1 aliphatic heterocycles. The summed E-state index contributed by atoms with van der Waals surface area (Å²) in [6, 6.07) is 0. The van der Waals surface area contributed by atoms with E-state index in [0.29, 0.717) is 17.7 Å². The number of rotatable bonds is 1. The summed E-state index contributed by atoms with van der Waals surface area (Å²) in [6.07, 6.45) is 6.03. The number of quaternary nitrogens is 1. The second-order valence-corrected chi connectivity index (χ2v) is 5.38. The van der Waals surface area contributed by atoms with E-state index in [9.17, 15) is 4.79 Å². The molecule has 1 rings (SSSR count). The summed E-state index contributed by atoms with van der Waals surface area (Å²) in [5.41, 5.74) is -0.458. The van der Waals surface area contributed by atoms with Crippen LogP contribution in [0.25, 0.3) is 0 Å². The van der Waals surface area contributed by atoms with Crippen LogP contribution in [0.15, 0.2) is 0 Å². The van der Waals surface area contributed by atoms with E-state index in [2.05, 4.69) is 5.92 Å². The molecule has 0 radical (unpaired) electrons. The van der Waals surface area contributed by atoms with Crippen LogP contribution in [-0.2, 0) is 4.74 Å². The van der Waals surface area contributed by atoms with Gasteiger partial charge in [-0.25, -0.2) is 9.39 Å². The van der Waals surface area contributed by atoms with Gasteiger partial charge in [0.15, 0.2) is 6.54 Å². The van der Waals surface area contributed by atoms with E-state index in [1.807, 2.05) is 27.8 Å². The number of ether oxygens (including phenoxy) is 1. The third-order valence-electron chi connectivity index (χ3n) is 2.63. The summed E-state index contributed by atoms with van der Waals surface area (Å²) in [7, 11) is 1.97. The highest BCUT2D eigenvalue weighted by Gasteiger charge is 2.41. The van der Waals surface area contributed by atoms with Crippen molar-refractivity contribution >= 4 is 6.09 Å². The molecule has 0 aliphatic carbocycles. The molecular formula is C12H21N2O2+. The lowest BCUT2D eigenvalue weighted by atomic mass is 10.2. The molecule has 0 aromatic heterocycles. The maximum Gasteiger partial charge on any atom is 0.455 e. The van der Waals surface area contributed by atoms with E-state index in [4.69, 9.17) is 11.2 Å². The standard InChI is InChI=1S/C12H21N2O2/c1-6-9-14(5)10-7-8-13(14)11(15)16-12(2,3)4/h1H,7-10H2,2-5H3/q+1. The molecule has 1 saturated heterocycles. The van der Waals surface area contributed by atoms with Crippen LogP contribution in [0.5, 0.6) is 0 Å². The van der Waals surface area contributed by atoms with Crippen LogP contribution in [0.4, 0.5) is 4.79 Å². The largest absolute Gasteiger partial charge is 0.455 e. The van der Waals surface area contributed by atoms with Crippen molar-refractivity contribution in [2.45, 2.75) is 32.8 Å². The van der Waals surface area contributed by atoms with Gasteiger partial charge >= 0.3 is 6.09 Å². The number of hydrogen-bond acceptors (Lipinski definition) is 2. The summed E-state index contributed by atoms with van der Waals surface area (Å²) in [4.78, 5) is 12.0. The van der Waals surface area contributed by atoms with Crippen LogP contribution in [0, 0.1) is 12.3 Å². The first kappa shape index (κ1) is 12.9. The molecule has 90 valence electrons. The number of amides is 1. The maximum absolute atomic E-state index is 12.0. The van der Waals surface area contributed by atoms with Crippen molar-refractivity contribution in [3.8, 4) is 12.3 Å². The van der Waals surface area contributed by atoms with Gasteiger partial charge in [0.2, 0.25) is 0 Å². The molecule has 0 aromatic carbocycles. The minimum Gasteiger partial charge on any atom is -0.441 e. The van der Waals surface area contributed by atoms with Crippen molar-refractivity contribution in [1.82, 2.24) is 5.01 Å². The van der Waals surface area contributed by atoms with Gasteiger partial charge in [-0.3, -0.25) is 0 Å². The van der Waals surface area contributed by atoms with Gasteiger partial charge in [-0.15, -0.1) is 6.42 Å². The van der Waals surface area contributed by atoms with E-state index >= 15 is 0 Å². The minimum atomic E-state index is -0.458. The van der Waals surface area contributed by atoms with Gasteiger partial charge in [0.25, 0.3) is 0 Å². The zero-order valence-electron chi connectivity index (χ0n) is 10.6. The number of carbonyl (C=O) groups excluding carboxylic acids is 1. The second-order valence-electron chi connectivity index (χ2n) is 5.38. The fraction of sp³-hybridized carbons (Fsp3) is 0.750. The van der Waals surface area contributed by atoms with Crippen molar-refractivity contribution in [3.63, 3.8) is 0 Å². The molecule has 4 nitrogen and oxygen atoms in total. The first-order valence-corrected chi connectivity index (χ1v) is 5.57. The highest BCUT2D eigenvalue weighted by atomic mass is 16.6. The zero-order chi connectivity index (χ0) is 12.4. The Kier molecular flexibility index (Phi) is 3.49. The van der Waals surface area contributed by atoms with Crippen molar-refractivity contribution in [2.24, 2.45) is 0 Å². The quantitative estimate of drug-likeness (QED) is 0.501. The number of nitrogens with zero attached hydrogens (tertiary/aromatic N) is 2. The molecule has 4 heteroatoms. The lowest BCUT2D eigenvalue weighted by Gasteiger charge is -2.35. The Morgan fingerprint density at radius 2 is 2.19 bits per heavy atom. The van der Waals surface area contributed by atoms with Crippen molar-refractivity contribution in [3.05, 3.63) is 0 Å². The van der Waals surface area contributed by atoms with Crippen molar-refractivity contribution < 1.29 is 14.1 Å². The van der Waals surface area contributed by atoms with Crippen molar-refractivity contribution in [2.75, 3.05) is 26.7 Å². The van der Waals surface area contributed by atoms with Gasteiger partial charge < -0.3 is 4.74 Å². The SMILES string of the molecule is C#CC[N+]1(C)CCCN1C(=O)OC(C)(C)C. The summed E-state index contributed by atoms with van der Waals surface area (Å²) >= 11 is 0. The molecule has 1 fully saturated rings. The molecule has 1 amide bonds.